The molecule has 1 unspecified atom stereocenters. The lowest BCUT2D eigenvalue weighted by atomic mass is 10.1. The van der Waals surface area contributed by atoms with E-state index in [1.807, 2.05) is 38.1 Å². The zero-order valence-corrected chi connectivity index (χ0v) is 15.0. The molecule has 0 fully saturated rings. The molecule has 5 nitrogen and oxygen atoms in total. The standard InChI is InChI=1S/C16H23N3O2S.ClH/c1-12(2)9-15(10-17)19-22(20,21)11-14-6-3-5-13-7-4-8-18-16(13)14;/h3-8,12,15,19H,9-11,17H2,1-2H3;1H. The van der Waals surface area contributed by atoms with Crippen LogP contribution in [0.2, 0.25) is 0 Å². The predicted molar refractivity (Wildman–Crippen MR) is 97.0 cm³/mol. The molecule has 1 aromatic carbocycles. The highest BCUT2D eigenvalue weighted by Crippen LogP contribution is 2.18. The van der Waals surface area contributed by atoms with E-state index in [0.717, 1.165) is 17.3 Å². The van der Waals surface area contributed by atoms with Crippen LogP contribution in [0.1, 0.15) is 25.8 Å². The van der Waals surface area contributed by atoms with E-state index in [-0.39, 0.29) is 24.2 Å². The molecule has 1 aromatic heterocycles. The van der Waals surface area contributed by atoms with Gasteiger partial charge in [0.15, 0.2) is 0 Å². The Morgan fingerprint density at radius 2 is 1.91 bits per heavy atom. The van der Waals surface area contributed by atoms with E-state index in [9.17, 15) is 8.42 Å². The molecule has 0 aliphatic heterocycles. The summed E-state index contributed by atoms with van der Waals surface area (Å²) in [6.07, 6.45) is 2.40. The van der Waals surface area contributed by atoms with Gasteiger partial charge in [0.05, 0.1) is 11.3 Å². The van der Waals surface area contributed by atoms with Crippen molar-refractivity contribution >= 4 is 33.3 Å². The van der Waals surface area contributed by atoms with Crippen LogP contribution in [-0.2, 0) is 15.8 Å². The second-order valence-corrected chi connectivity index (χ2v) is 7.69. The molecule has 0 saturated carbocycles. The normalized spacial score (nSPS) is 13.0. The Morgan fingerprint density at radius 3 is 2.57 bits per heavy atom. The minimum Gasteiger partial charge on any atom is -0.329 e. The van der Waals surface area contributed by atoms with Crippen LogP contribution < -0.4 is 10.5 Å². The van der Waals surface area contributed by atoms with E-state index >= 15 is 0 Å². The van der Waals surface area contributed by atoms with Crippen molar-refractivity contribution in [1.29, 1.82) is 0 Å². The number of rotatable bonds is 7. The van der Waals surface area contributed by atoms with Crippen LogP contribution in [-0.4, -0.2) is 26.0 Å². The summed E-state index contributed by atoms with van der Waals surface area (Å²) < 4.78 is 27.5. The highest BCUT2D eigenvalue weighted by molar-refractivity contribution is 7.88. The number of nitrogens with zero attached hydrogens (tertiary/aromatic N) is 1. The molecule has 0 spiro atoms. The summed E-state index contributed by atoms with van der Waals surface area (Å²) in [5.41, 5.74) is 7.10. The van der Waals surface area contributed by atoms with Crippen molar-refractivity contribution in [2.45, 2.75) is 32.1 Å². The Kier molecular flexibility index (Phi) is 7.41. The van der Waals surface area contributed by atoms with Crippen molar-refractivity contribution < 1.29 is 8.42 Å². The Bertz CT molecular complexity index is 730. The first kappa shape index (κ1) is 19.8. The number of hydrogen-bond acceptors (Lipinski definition) is 4. The van der Waals surface area contributed by atoms with Crippen LogP contribution in [0, 0.1) is 5.92 Å². The van der Waals surface area contributed by atoms with Crippen molar-refractivity contribution in [3.05, 3.63) is 42.1 Å². The van der Waals surface area contributed by atoms with Gasteiger partial charge in [0.1, 0.15) is 0 Å². The maximum Gasteiger partial charge on any atom is 0.216 e. The maximum absolute atomic E-state index is 12.4. The van der Waals surface area contributed by atoms with E-state index in [0.29, 0.717) is 18.0 Å². The van der Waals surface area contributed by atoms with Gasteiger partial charge in [-0.1, -0.05) is 38.1 Å². The number of fused-ring (bicyclic) bond motifs is 1. The number of halogens is 1. The second-order valence-electron chi connectivity index (χ2n) is 5.93. The fourth-order valence-corrected chi connectivity index (χ4v) is 3.97. The van der Waals surface area contributed by atoms with Crippen LogP contribution in [0.3, 0.4) is 0 Å². The molecule has 0 aliphatic carbocycles. The third-order valence-corrected chi connectivity index (χ3v) is 4.83. The quantitative estimate of drug-likeness (QED) is 0.797. The molecule has 128 valence electrons. The number of pyridine rings is 1. The molecule has 7 heteroatoms. The van der Waals surface area contributed by atoms with Gasteiger partial charge in [0.2, 0.25) is 10.0 Å². The summed E-state index contributed by atoms with van der Waals surface area (Å²) >= 11 is 0. The van der Waals surface area contributed by atoms with Gasteiger partial charge in [-0.3, -0.25) is 4.98 Å². The minimum atomic E-state index is -3.45. The minimum absolute atomic E-state index is 0. The number of nitrogens with one attached hydrogen (secondary N) is 1. The lowest BCUT2D eigenvalue weighted by molar-refractivity contribution is 0.465. The van der Waals surface area contributed by atoms with Gasteiger partial charge in [-0.15, -0.1) is 12.4 Å². The van der Waals surface area contributed by atoms with Gasteiger partial charge >= 0.3 is 0 Å². The van der Waals surface area contributed by atoms with Crippen LogP contribution in [0.4, 0.5) is 0 Å². The molecule has 0 bridgehead atoms. The molecular weight excluding hydrogens is 334 g/mol. The first-order chi connectivity index (χ1) is 10.4. The molecular formula is C16H24ClN3O2S. The Labute approximate surface area is 144 Å². The fourth-order valence-electron chi connectivity index (χ4n) is 2.55. The number of para-hydroxylation sites is 1. The summed E-state index contributed by atoms with van der Waals surface area (Å²) in [7, 11) is -3.45. The number of hydrogen-bond donors (Lipinski definition) is 2. The van der Waals surface area contributed by atoms with E-state index < -0.39 is 10.0 Å². The average molecular weight is 358 g/mol. The lowest BCUT2D eigenvalue weighted by Gasteiger charge is -2.19. The summed E-state index contributed by atoms with van der Waals surface area (Å²) in [4.78, 5) is 4.30. The topological polar surface area (TPSA) is 85.1 Å². The second kappa shape index (κ2) is 8.59. The van der Waals surface area contributed by atoms with E-state index in [2.05, 4.69) is 9.71 Å². The SMILES string of the molecule is CC(C)CC(CN)NS(=O)(=O)Cc1cccc2cccnc12.Cl. The monoisotopic (exact) mass is 357 g/mol. The number of benzene rings is 1. The van der Waals surface area contributed by atoms with Gasteiger partial charge < -0.3 is 5.73 Å². The fraction of sp³-hybridized carbons (Fsp3) is 0.438. The lowest BCUT2D eigenvalue weighted by Crippen LogP contribution is -2.41. The largest absolute Gasteiger partial charge is 0.329 e. The molecule has 0 saturated heterocycles. The van der Waals surface area contributed by atoms with Crippen molar-refractivity contribution in [3.8, 4) is 0 Å². The van der Waals surface area contributed by atoms with Crippen molar-refractivity contribution in [2.75, 3.05) is 6.54 Å². The molecule has 3 N–H and O–H groups in total. The molecule has 1 atom stereocenters. The first-order valence-corrected chi connectivity index (χ1v) is 9.09. The third-order valence-electron chi connectivity index (χ3n) is 3.45. The van der Waals surface area contributed by atoms with Gasteiger partial charge in [0.25, 0.3) is 0 Å². The average Bonchev–Trinajstić information content (AvgIpc) is 2.46. The Balaban J connectivity index is 0.00000264. The molecule has 1 heterocycles. The Morgan fingerprint density at radius 1 is 1.22 bits per heavy atom. The first-order valence-electron chi connectivity index (χ1n) is 7.44. The number of nitrogens with two attached hydrogens (primary N) is 1. The summed E-state index contributed by atoms with van der Waals surface area (Å²) in [5.74, 6) is 0.297. The van der Waals surface area contributed by atoms with Gasteiger partial charge in [-0.25, -0.2) is 13.1 Å². The van der Waals surface area contributed by atoms with Crippen LogP contribution in [0.15, 0.2) is 36.5 Å². The molecule has 2 rings (SSSR count). The molecule has 0 amide bonds. The van der Waals surface area contributed by atoms with E-state index in [4.69, 9.17) is 5.73 Å². The number of sulfonamides is 1. The maximum atomic E-state index is 12.4. The van der Waals surface area contributed by atoms with Gasteiger partial charge in [-0.05, 0) is 24.0 Å². The van der Waals surface area contributed by atoms with E-state index in [1.165, 1.54) is 0 Å². The van der Waals surface area contributed by atoms with Gasteiger partial charge in [-0.2, -0.15) is 0 Å². The highest BCUT2D eigenvalue weighted by Gasteiger charge is 2.19. The van der Waals surface area contributed by atoms with Crippen LogP contribution in [0.25, 0.3) is 10.9 Å². The van der Waals surface area contributed by atoms with Crippen molar-refractivity contribution in [2.24, 2.45) is 11.7 Å². The van der Waals surface area contributed by atoms with Crippen LogP contribution in [0.5, 0.6) is 0 Å². The zero-order chi connectivity index (χ0) is 16.2. The molecule has 0 aliphatic rings. The summed E-state index contributed by atoms with van der Waals surface area (Å²) in [5, 5.41) is 0.938. The third kappa shape index (κ3) is 5.73. The molecule has 0 radical (unpaired) electrons. The highest BCUT2D eigenvalue weighted by atomic mass is 35.5. The molecule has 2 aromatic rings. The van der Waals surface area contributed by atoms with E-state index in [1.54, 1.807) is 12.3 Å². The Hall–Kier alpha value is -1.21. The number of aromatic nitrogens is 1. The summed E-state index contributed by atoms with van der Waals surface area (Å²) in [6.45, 7) is 4.39. The van der Waals surface area contributed by atoms with Gasteiger partial charge in [0, 0.05) is 24.2 Å². The summed E-state index contributed by atoms with van der Waals surface area (Å²) in [6, 6.07) is 9.11. The predicted octanol–water partition coefficient (Wildman–Crippen LogP) is 2.45. The molecule has 23 heavy (non-hydrogen) atoms. The van der Waals surface area contributed by atoms with Crippen LogP contribution >= 0.6 is 12.4 Å². The van der Waals surface area contributed by atoms with Crippen molar-refractivity contribution in [1.82, 2.24) is 9.71 Å². The zero-order valence-electron chi connectivity index (χ0n) is 13.4. The smallest absolute Gasteiger partial charge is 0.216 e. The van der Waals surface area contributed by atoms with Crippen molar-refractivity contribution in [3.63, 3.8) is 0 Å².